The predicted molar refractivity (Wildman–Crippen MR) is 58.9 cm³/mol. The summed E-state index contributed by atoms with van der Waals surface area (Å²) in [7, 11) is 0. The predicted octanol–water partition coefficient (Wildman–Crippen LogP) is 1.00. The van der Waals surface area contributed by atoms with Crippen LogP contribution in [0.2, 0.25) is 0 Å². The van der Waals surface area contributed by atoms with E-state index in [1.807, 2.05) is 19.1 Å². The number of nitrogens with two attached hydrogens (primary N) is 2. The zero-order valence-corrected chi connectivity index (χ0v) is 8.73. The van der Waals surface area contributed by atoms with Crippen molar-refractivity contribution in [2.24, 2.45) is 5.73 Å². The Morgan fingerprint density at radius 3 is 2.80 bits per heavy atom. The molecule has 0 aliphatic carbocycles. The van der Waals surface area contributed by atoms with E-state index >= 15 is 0 Å². The van der Waals surface area contributed by atoms with Crippen molar-refractivity contribution in [2.45, 2.75) is 19.6 Å². The van der Waals surface area contributed by atoms with Crippen LogP contribution in [-0.4, -0.2) is 12.6 Å². The van der Waals surface area contributed by atoms with Gasteiger partial charge >= 0.3 is 0 Å². The summed E-state index contributed by atoms with van der Waals surface area (Å²) in [5.41, 5.74) is 13.1. The first-order valence-electron chi connectivity index (χ1n) is 4.75. The number of anilines is 1. The molecule has 1 aromatic rings. The largest absolute Gasteiger partial charge is 0.398 e. The standard InChI is InChI=1S/C11H15N3O/c1-8(13)6-15-7-9-2-3-10(5-12)11(14)4-9/h2-4,8H,6-7,13-14H2,1H3/t8-/m1/s1. The molecule has 0 aromatic heterocycles. The van der Waals surface area contributed by atoms with Gasteiger partial charge in [-0.25, -0.2) is 0 Å². The van der Waals surface area contributed by atoms with Gasteiger partial charge in [0.25, 0.3) is 0 Å². The lowest BCUT2D eigenvalue weighted by Crippen LogP contribution is -2.21. The first kappa shape index (κ1) is 11.5. The third kappa shape index (κ3) is 3.58. The Labute approximate surface area is 89.4 Å². The summed E-state index contributed by atoms with van der Waals surface area (Å²) < 4.78 is 5.35. The number of hydrogen-bond donors (Lipinski definition) is 2. The highest BCUT2D eigenvalue weighted by atomic mass is 16.5. The molecule has 0 saturated heterocycles. The van der Waals surface area contributed by atoms with Crippen molar-refractivity contribution in [3.05, 3.63) is 29.3 Å². The van der Waals surface area contributed by atoms with Crippen molar-refractivity contribution < 1.29 is 4.74 Å². The molecule has 15 heavy (non-hydrogen) atoms. The fourth-order valence-electron chi connectivity index (χ4n) is 1.17. The molecular weight excluding hydrogens is 190 g/mol. The van der Waals surface area contributed by atoms with E-state index in [0.29, 0.717) is 24.5 Å². The van der Waals surface area contributed by atoms with Crippen LogP contribution in [0.15, 0.2) is 18.2 Å². The zero-order valence-electron chi connectivity index (χ0n) is 8.73. The third-order valence-electron chi connectivity index (χ3n) is 1.89. The van der Waals surface area contributed by atoms with Gasteiger partial charge in [0.05, 0.1) is 18.8 Å². The average molecular weight is 205 g/mol. The average Bonchev–Trinajstić information content (AvgIpc) is 2.17. The Morgan fingerprint density at radius 2 is 2.27 bits per heavy atom. The molecule has 0 unspecified atom stereocenters. The van der Waals surface area contributed by atoms with Crippen molar-refractivity contribution in [1.82, 2.24) is 0 Å². The Kier molecular flexibility index (Phi) is 4.10. The lowest BCUT2D eigenvalue weighted by atomic mass is 10.1. The molecule has 0 saturated carbocycles. The minimum absolute atomic E-state index is 0.0285. The van der Waals surface area contributed by atoms with Gasteiger partial charge in [-0.05, 0) is 24.6 Å². The van der Waals surface area contributed by atoms with Crippen LogP contribution in [0.5, 0.6) is 0 Å². The van der Waals surface area contributed by atoms with Crippen molar-refractivity contribution in [2.75, 3.05) is 12.3 Å². The third-order valence-corrected chi connectivity index (χ3v) is 1.89. The molecule has 0 heterocycles. The van der Waals surface area contributed by atoms with E-state index in [4.69, 9.17) is 21.5 Å². The number of nitriles is 1. The maximum Gasteiger partial charge on any atom is 0.101 e. The smallest absolute Gasteiger partial charge is 0.101 e. The maximum absolute atomic E-state index is 8.68. The summed E-state index contributed by atoms with van der Waals surface area (Å²) in [6.07, 6.45) is 0. The van der Waals surface area contributed by atoms with Crippen molar-refractivity contribution >= 4 is 5.69 Å². The van der Waals surface area contributed by atoms with Gasteiger partial charge in [-0.3, -0.25) is 0 Å². The van der Waals surface area contributed by atoms with E-state index in [1.165, 1.54) is 0 Å². The lowest BCUT2D eigenvalue weighted by Gasteiger charge is -2.07. The van der Waals surface area contributed by atoms with Gasteiger partial charge in [-0.2, -0.15) is 5.26 Å². The molecule has 4 nitrogen and oxygen atoms in total. The number of rotatable bonds is 4. The molecule has 80 valence electrons. The van der Waals surface area contributed by atoms with Crippen LogP contribution in [0.3, 0.4) is 0 Å². The second-order valence-corrected chi connectivity index (χ2v) is 3.53. The summed E-state index contributed by atoms with van der Waals surface area (Å²) in [6, 6.07) is 7.31. The van der Waals surface area contributed by atoms with E-state index in [9.17, 15) is 0 Å². The molecule has 0 fully saturated rings. The van der Waals surface area contributed by atoms with Gasteiger partial charge in [0.15, 0.2) is 0 Å². The number of nitrogens with zero attached hydrogens (tertiary/aromatic N) is 1. The number of benzene rings is 1. The highest BCUT2D eigenvalue weighted by Crippen LogP contribution is 2.13. The molecule has 1 atom stereocenters. The minimum Gasteiger partial charge on any atom is -0.398 e. The van der Waals surface area contributed by atoms with Crippen LogP contribution in [-0.2, 0) is 11.3 Å². The van der Waals surface area contributed by atoms with E-state index < -0.39 is 0 Å². The van der Waals surface area contributed by atoms with Crippen LogP contribution >= 0.6 is 0 Å². The van der Waals surface area contributed by atoms with Crippen LogP contribution in [0.4, 0.5) is 5.69 Å². The SMILES string of the molecule is C[C@@H](N)COCc1ccc(C#N)c(N)c1. The van der Waals surface area contributed by atoms with E-state index in [0.717, 1.165) is 5.56 Å². The first-order chi connectivity index (χ1) is 7.13. The molecule has 1 aromatic carbocycles. The quantitative estimate of drug-likeness (QED) is 0.718. The van der Waals surface area contributed by atoms with Crippen LogP contribution in [0.25, 0.3) is 0 Å². The summed E-state index contributed by atoms with van der Waals surface area (Å²) in [5, 5.41) is 8.68. The highest BCUT2D eigenvalue weighted by molar-refractivity contribution is 5.55. The van der Waals surface area contributed by atoms with Gasteiger partial charge < -0.3 is 16.2 Å². The van der Waals surface area contributed by atoms with Crippen LogP contribution in [0, 0.1) is 11.3 Å². The Balaban J connectivity index is 2.57. The summed E-state index contributed by atoms with van der Waals surface area (Å²) in [4.78, 5) is 0. The van der Waals surface area contributed by atoms with E-state index in [2.05, 4.69) is 0 Å². The summed E-state index contributed by atoms with van der Waals surface area (Å²) >= 11 is 0. The molecular formula is C11H15N3O. The van der Waals surface area contributed by atoms with Crippen molar-refractivity contribution in [1.29, 1.82) is 5.26 Å². The molecule has 0 radical (unpaired) electrons. The van der Waals surface area contributed by atoms with E-state index in [-0.39, 0.29) is 6.04 Å². The Morgan fingerprint density at radius 1 is 1.53 bits per heavy atom. The zero-order chi connectivity index (χ0) is 11.3. The van der Waals surface area contributed by atoms with E-state index in [1.54, 1.807) is 12.1 Å². The molecule has 4 heteroatoms. The van der Waals surface area contributed by atoms with Gasteiger partial charge in [0.1, 0.15) is 6.07 Å². The topological polar surface area (TPSA) is 85.1 Å². The monoisotopic (exact) mass is 205 g/mol. The normalized spacial score (nSPS) is 12.1. The van der Waals surface area contributed by atoms with Gasteiger partial charge in [-0.15, -0.1) is 0 Å². The molecule has 4 N–H and O–H groups in total. The van der Waals surface area contributed by atoms with Crippen LogP contribution in [0.1, 0.15) is 18.1 Å². The maximum atomic E-state index is 8.68. The fraction of sp³-hybridized carbons (Fsp3) is 0.364. The number of nitrogen functional groups attached to an aromatic ring is 1. The fourth-order valence-corrected chi connectivity index (χ4v) is 1.17. The second kappa shape index (κ2) is 5.35. The molecule has 0 bridgehead atoms. The molecule has 0 aliphatic rings. The molecule has 0 amide bonds. The lowest BCUT2D eigenvalue weighted by molar-refractivity contribution is 0.111. The van der Waals surface area contributed by atoms with Crippen molar-refractivity contribution in [3.8, 4) is 6.07 Å². The van der Waals surface area contributed by atoms with Gasteiger partial charge in [0, 0.05) is 11.7 Å². The molecule has 0 spiro atoms. The number of ether oxygens (including phenoxy) is 1. The number of hydrogen-bond acceptors (Lipinski definition) is 4. The Hall–Kier alpha value is -1.57. The van der Waals surface area contributed by atoms with Crippen molar-refractivity contribution in [3.63, 3.8) is 0 Å². The highest BCUT2D eigenvalue weighted by Gasteiger charge is 2.00. The first-order valence-corrected chi connectivity index (χ1v) is 4.75. The van der Waals surface area contributed by atoms with Crippen LogP contribution < -0.4 is 11.5 Å². The van der Waals surface area contributed by atoms with Gasteiger partial charge in [-0.1, -0.05) is 6.07 Å². The summed E-state index contributed by atoms with van der Waals surface area (Å²) in [5.74, 6) is 0. The second-order valence-electron chi connectivity index (χ2n) is 3.53. The van der Waals surface area contributed by atoms with Gasteiger partial charge in [0.2, 0.25) is 0 Å². The minimum atomic E-state index is 0.0285. The summed E-state index contributed by atoms with van der Waals surface area (Å²) in [6.45, 7) is 2.87. The Bertz CT molecular complexity index is 369. The molecule has 0 aliphatic heterocycles. The molecule has 1 rings (SSSR count).